The number of likely N-dealkylation sites (N-methyl/N-ethyl adjacent to an activating group) is 1. The first kappa shape index (κ1) is 14.7. The standard InChI is InChI=1S/C15H23NO2/c1-5-11-16(6-2)15(4,14(17)18)13-10-8-7-9-12(13)3/h7-10H,5-6,11H2,1-4H3,(H,17,18). The van der Waals surface area contributed by atoms with Gasteiger partial charge in [-0.2, -0.15) is 0 Å². The highest BCUT2D eigenvalue weighted by atomic mass is 16.4. The highest BCUT2D eigenvalue weighted by molar-refractivity contribution is 5.80. The molecule has 0 saturated heterocycles. The molecule has 1 unspecified atom stereocenters. The Morgan fingerprint density at radius 1 is 1.33 bits per heavy atom. The third-order valence-electron chi connectivity index (χ3n) is 3.59. The van der Waals surface area contributed by atoms with Crippen LogP contribution in [0.15, 0.2) is 24.3 Å². The summed E-state index contributed by atoms with van der Waals surface area (Å²) in [4.78, 5) is 13.8. The average Bonchev–Trinajstić information content (AvgIpc) is 2.35. The maximum Gasteiger partial charge on any atom is 0.328 e. The van der Waals surface area contributed by atoms with Crippen molar-refractivity contribution in [3.05, 3.63) is 35.4 Å². The molecule has 18 heavy (non-hydrogen) atoms. The fraction of sp³-hybridized carbons (Fsp3) is 0.533. The van der Waals surface area contributed by atoms with Gasteiger partial charge >= 0.3 is 5.97 Å². The van der Waals surface area contributed by atoms with Crippen LogP contribution in [0.1, 0.15) is 38.3 Å². The molecule has 3 heteroatoms. The van der Waals surface area contributed by atoms with Crippen LogP contribution in [0.5, 0.6) is 0 Å². The van der Waals surface area contributed by atoms with Crippen molar-refractivity contribution >= 4 is 5.97 Å². The first-order valence-corrected chi connectivity index (χ1v) is 6.53. The molecule has 1 aromatic carbocycles. The predicted molar refractivity (Wildman–Crippen MR) is 73.7 cm³/mol. The molecule has 1 N–H and O–H groups in total. The van der Waals surface area contributed by atoms with Crippen LogP contribution in [0.3, 0.4) is 0 Å². The SMILES string of the molecule is CCCN(CC)C(C)(C(=O)O)c1ccccc1C. The molecule has 1 aromatic rings. The van der Waals surface area contributed by atoms with E-state index in [1.54, 1.807) is 6.92 Å². The van der Waals surface area contributed by atoms with Crippen molar-refractivity contribution in [1.29, 1.82) is 0 Å². The zero-order chi connectivity index (χ0) is 13.8. The lowest BCUT2D eigenvalue weighted by atomic mass is 9.86. The van der Waals surface area contributed by atoms with E-state index in [0.717, 1.165) is 30.6 Å². The summed E-state index contributed by atoms with van der Waals surface area (Å²) in [5.74, 6) is -0.785. The Morgan fingerprint density at radius 2 is 1.94 bits per heavy atom. The van der Waals surface area contributed by atoms with E-state index in [1.807, 2.05) is 43.0 Å². The fourth-order valence-corrected chi connectivity index (χ4v) is 2.51. The van der Waals surface area contributed by atoms with Gasteiger partial charge in [0.1, 0.15) is 5.54 Å². The number of rotatable bonds is 6. The molecular weight excluding hydrogens is 226 g/mol. The van der Waals surface area contributed by atoms with E-state index in [4.69, 9.17) is 0 Å². The lowest BCUT2D eigenvalue weighted by Crippen LogP contribution is -2.50. The van der Waals surface area contributed by atoms with Crippen LogP contribution in [0.2, 0.25) is 0 Å². The molecule has 0 fully saturated rings. The van der Waals surface area contributed by atoms with E-state index >= 15 is 0 Å². The number of benzene rings is 1. The first-order valence-electron chi connectivity index (χ1n) is 6.53. The Balaban J connectivity index is 3.31. The summed E-state index contributed by atoms with van der Waals surface area (Å²) < 4.78 is 0. The number of carboxylic acids is 1. The van der Waals surface area contributed by atoms with E-state index in [-0.39, 0.29) is 0 Å². The lowest BCUT2D eigenvalue weighted by molar-refractivity contribution is -0.151. The topological polar surface area (TPSA) is 40.5 Å². The Labute approximate surface area is 109 Å². The molecule has 1 atom stereocenters. The van der Waals surface area contributed by atoms with Crippen LogP contribution in [0.4, 0.5) is 0 Å². The minimum atomic E-state index is -0.948. The largest absolute Gasteiger partial charge is 0.480 e. The maximum atomic E-state index is 11.8. The molecular formula is C15H23NO2. The molecule has 0 saturated carbocycles. The van der Waals surface area contributed by atoms with Crippen molar-refractivity contribution in [2.45, 2.75) is 39.7 Å². The van der Waals surface area contributed by atoms with E-state index in [9.17, 15) is 9.90 Å². The molecule has 0 spiro atoms. The van der Waals surface area contributed by atoms with Crippen LogP contribution in [-0.4, -0.2) is 29.1 Å². The number of hydrogen-bond acceptors (Lipinski definition) is 2. The van der Waals surface area contributed by atoms with Gasteiger partial charge in [-0.3, -0.25) is 4.90 Å². The predicted octanol–water partition coefficient (Wildman–Crippen LogP) is 3.03. The number of carbonyl (C=O) groups is 1. The number of carboxylic acid groups (broad SMARTS) is 1. The molecule has 0 amide bonds. The van der Waals surface area contributed by atoms with Crippen LogP contribution in [0.25, 0.3) is 0 Å². The summed E-state index contributed by atoms with van der Waals surface area (Å²) in [6, 6.07) is 7.73. The van der Waals surface area contributed by atoms with Gasteiger partial charge in [0.2, 0.25) is 0 Å². The van der Waals surface area contributed by atoms with Crippen LogP contribution >= 0.6 is 0 Å². The number of hydrogen-bond donors (Lipinski definition) is 1. The molecule has 3 nitrogen and oxygen atoms in total. The van der Waals surface area contributed by atoms with E-state index in [0.29, 0.717) is 0 Å². The highest BCUT2D eigenvalue weighted by Crippen LogP contribution is 2.31. The average molecular weight is 249 g/mol. The van der Waals surface area contributed by atoms with Crippen molar-refractivity contribution in [2.24, 2.45) is 0 Å². The van der Waals surface area contributed by atoms with E-state index in [1.165, 1.54) is 0 Å². The summed E-state index contributed by atoms with van der Waals surface area (Å²) >= 11 is 0. The van der Waals surface area contributed by atoms with Gasteiger partial charge in [-0.15, -0.1) is 0 Å². The smallest absolute Gasteiger partial charge is 0.328 e. The Morgan fingerprint density at radius 3 is 2.39 bits per heavy atom. The first-order chi connectivity index (χ1) is 8.48. The second-order valence-corrected chi connectivity index (χ2v) is 4.77. The normalized spacial score (nSPS) is 14.5. The second-order valence-electron chi connectivity index (χ2n) is 4.77. The Bertz CT molecular complexity index is 417. The van der Waals surface area contributed by atoms with Gasteiger partial charge in [0, 0.05) is 0 Å². The van der Waals surface area contributed by atoms with Gasteiger partial charge in [0.05, 0.1) is 0 Å². The zero-order valence-electron chi connectivity index (χ0n) is 11.7. The van der Waals surface area contributed by atoms with Gasteiger partial charge in [-0.05, 0) is 44.5 Å². The Hall–Kier alpha value is -1.35. The summed E-state index contributed by atoms with van der Waals surface area (Å²) in [5, 5.41) is 9.70. The molecule has 0 heterocycles. The van der Waals surface area contributed by atoms with Gasteiger partial charge in [-0.1, -0.05) is 38.1 Å². The van der Waals surface area contributed by atoms with Crippen molar-refractivity contribution in [2.75, 3.05) is 13.1 Å². The van der Waals surface area contributed by atoms with E-state index < -0.39 is 11.5 Å². The molecule has 0 aliphatic carbocycles. The van der Waals surface area contributed by atoms with Crippen molar-refractivity contribution in [3.63, 3.8) is 0 Å². The monoisotopic (exact) mass is 249 g/mol. The van der Waals surface area contributed by atoms with Gasteiger partial charge in [-0.25, -0.2) is 4.79 Å². The summed E-state index contributed by atoms with van der Waals surface area (Å²) in [6.45, 7) is 9.36. The summed E-state index contributed by atoms with van der Waals surface area (Å²) in [5.41, 5.74) is 0.959. The van der Waals surface area contributed by atoms with Crippen LogP contribution in [0, 0.1) is 6.92 Å². The summed E-state index contributed by atoms with van der Waals surface area (Å²) in [6.07, 6.45) is 0.947. The molecule has 100 valence electrons. The Kier molecular flexibility index (Phi) is 4.91. The van der Waals surface area contributed by atoms with Gasteiger partial charge < -0.3 is 5.11 Å². The molecule has 0 bridgehead atoms. The summed E-state index contributed by atoms with van der Waals surface area (Å²) in [7, 11) is 0. The molecule has 0 radical (unpaired) electrons. The molecule has 1 rings (SSSR count). The van der Waals surface area contributed by atoms with E-state index in [2.05, 4.69) is 6.92 Å². The minimum Gasteiger partial charge on any atom is -0.480 e. The lowest BCUT2D eigenvalue weighted by Gasteiger charge is -2.38. The number of aryl methyl sites for hydroxylation is 1. The van der Waals surface area contributed by atoms with Crippen LogP contribution < -0.4 is 0 Å². The minimum absolute atomic E-state index is 0.727. The number of nitrogens with zero attached hydrogens (tertiary/aromatic N) is 1. The van der Waals surface area contributed by atoms with Gasteiger partial charge in [0.15, 0.2) is 0 Å². The zero-order valence-corrected chi connectivity index (χ0v) is 11.7. The molecule has 0 aliphatic heterocycles. The number of aliphatic carboxylic acids is 1. The molecule has 0 aliphatic rings. The maximum absolute atomic E-state index is 11.8. The quantitative estimate of drug-likeness (QED) is 0.842. The van der Waals surface area contributed by atoms with Crippen LogP contribution in [-0.2, 0) is 10.3 Å². The second kappa shape index (κ2) is 6.01. The fourth-order valence-electron chi connectivity index (χ4n) is 2.51. The third kappa shape index (κ3) is 2.56. The van der Waals surface area contributed by atoms with Crippen molar-refractivity contribution < 1.29 is 9.90 Å². The highest BCUT2D eigenvalue weighted by Gasteiger charge is 2.41. The van der Waals surface area contributed by atoms with Crippen molar-refractivity contribution in [1.82, 2.24) is 4.90 Å². The van der Waals surface area contributed by atoms with Crippen molar-refractivity contribution in [3.8, 4) is 0 Å². The third-order valence-corrected chi connectivity index (χ3v) is 3.59. The van der Waals surface area contributed by atoms with Gasteiger partial charge in [0.25, 0.3) is 0 Å². The molecule has 0 aromatic heterocycles.